The van der Waals surface area contributed by atoms with Crippen LogP contribution in [0, 0.1) is 6.92 Å². The Balaban J connectivity index is 1.71. The molecule has 0 spiro atoms. The number of nitrogens with one attached hydrogen (secondary N) is 1. The van der Waals surface area contributed by atoms with E-state index < -0.39 is 11.8 Å². The van der Waals surface area contributed by atoms with Crippen LogP contribution in [0.2, 0.25) is 0 Å². The Morgan fingerprint density at radius 1 is 1.26 bits per heavy atom. The number of hydrogen-bond donors (Lipinski definition) is 2. The van der Waals surface area contributed by atoms with Gasteiger partial charge in [-0.05, 0) is 39.1 Å². The van der Waals surface area contributed by atoms with E-state index in [4.69, 9.17) is 5.73 Å². The van der Waals surface area contributed by atoms with E-state index in [0.717, 1.165) is 23.7 Å². The third-order valence-corrected chi connectivity index (χ3v) is 5.46. The van der Waals surface area contributed by atoms with Crippen molar-refractivity contribution in [3.05, 3.63) is 35.7 Å². The van der Waals surface area contributed by atoms with Gasteiger partial charge < -0.3 is 5.73 Å². The fraction of sp³-hybridized carbons (Fsp3) is 0.409. The summed E-state index contributed by atoms with van der Waals surface area (Å²) < 4.78 is 30.1. The highest BCUT2D eigenvalue weighted by Crippen LogP contribution is 2.30. The van der Waals surface area contributed by atoms with Crippen molar-refractivity contribution in [3.63, 3.8) is 0 Å². The molecule has 3 aromatic heterocycles. The molecule has 12 heteroatoms. The van der Waals surface area contributed by atoms with E-state index in [1.54, 1.807) is 30.1 Å². The molecule has 0 aliphatic rings. The number of benzene rings is 1. The first-order valence-corrected chi connectivity index (χ1v) is 10.9. The Morgan fingerprint density at radius 3 is 2.71 bits per heavy atom. The van der Waals surface area contributed by atoms with Gasteiger partial charge in [0.05, 0.1) is 30.5 Å². The lowest BCUT2D eigenvalue weighted by atomic mass is 10.0. The first-order valence-electron chi connectivity index (χ1n) is 10.9. The number of aromatic amines is 1. The fourth-order valence-electron chi connectivity index (χ4n) is 3.97. The average Bonchev–Trinajstić information content (AvgIpc) is 3.48. The number of aryl methyl sites for hydroxylation is 2. The Bertz CT molecular complexity index is 1330. The lowest BCUT2D eigenvalue weighted by molar-refractivity contribution is -0.00861. The van der Waals surface area contributed by atoms with Crippen LogP contribution in [0.25, 0.3) is 33.8 Å². The van der Waals surface area contributed by atoms with Crippen molar-refractivity contribution in [1.29, 1.82) is 0 Å². The number of H-pyrrole nitrogens is 1. The second kappa shape index (κ2) is 8.93. The summed E-state index contributed by atoms with van der Waals surface area (Å²) in [5, 5.41) is 16.9. The number of nitrogens with zero attached hydrogens (tertiary/aromatic N) is 7. The number of likely N-dealkylation sites (N-methyl/N-ethyl adjacent to an activating group) is 1. The molecule has 0 bridgehead atoms. The van der Waals surface area contributed by atoms with Crippen molar-refractivity contribution in [3.8, 4) is 22.9 Å². The molecule has 0 saturated heterocycles. The Kier molecular flexibility index (Phi) is 6.17. The maximum absolute atomic E-state index is 13.3. The molecule has 0 fully saturated rings. The molecule has 0 aliphatic carbocycles. The van der Waals surface area contributed by atoms with Crippen LogP contribution in [0.4, 0.5) is 8.78 Å². The molecular formula is C22H27F2N9O. The highest BCUT2D eigenvalue weighted by atomic mass is 19.3. The number of rotatable bonds is 9. The largest absolute Gasteiger partial charge is 0.366 e. The van der Waals surface area contributed by atoms with Gasteiger partial charge in [-0.25, -0.2) is 13.8 Å². The number of halogens is 2. The minimum Gasteiger partial charge on any atom is -0.366 e. The van der Waals surface area contributed by atoms with Gasteiger partial charge in [0.1, 0.15) is 5.69 Å². The van der Waals surface area contributed by atoms with Crippen LogP contribution >= 0.6 is 0 Å². The summed E-state index contributed by atoms with van der Waals surface area (Å²) in [6.45, 7) is 5.79. The molecule has 180 valence electrons. The smallest absolute Gasteiger partial charge is 0.257 e. The molecule has 0 unspecified atom stereocenters. The normalized spacial score (nSPS) is 12.2. The number of hydrogen-bond acceptors (Lipinski definition) is 6. The third-order valence-electron chi connectivity index (χ3n) is 5.46. The summed E-state index contributed by atoms with van der Waals surface area (Å²) in [4.78, 5) is 18.2. The third kappa shape index (κ3) is 4.81. The Morgan fingerprint density at radius 2 is 2.03 bits per heavy atom. The van der Waals surface area contributed by atoms with Crippen molar-refractivity contribution in [2.24, 2.45) is 5.73 Å². The quantitative estimate of drug-likeness (QED) is 0.387. The molecule has 1 amide bonds. The number of fused-ring (bicyclic) bond motifs is 1. The van der Waals surface area contributed by atoms with Gasteiger partial charge in [0.2, 0.25) is 5.91 Å². The first kappa shape index (κ1) is 23.5. The number of primary amides is 1. The zero-order valence-corrected chi connectivity index (χ0v) is 19.5. The minimum absolute atomic E-state index is 0.276. The van der Waals surface area contributed by atoms with Crippen LogP contribution in [-0.4, -0.2) is 71.6 Å². The van der Waals surface area contributed by atoms with Crippen molar-refractivity contribution >= 4 is 16.8 Å². The van der Waals surface area contributed by atoms with Crippen molar-refractivity contribution in [2.75, 3.05) is 20.1 Å². The lowest BCUT2D eigenvalue weighted by Gasteiger charge is -2.20. The summed E-state index contributed by atoms with van der Waals surface area (Å²) in [5.41, 5.74) is 8.75. The van der Waals surface area contributed by atoms with Gasteiger partial charge in [-0.2, -0.15) is 15.3 Å². The van der Waals surface area contributed by atoms with Crippen LogP contribution in [-0.2, 0) is 13.1 Å². The van der Waals surface area contributed by atoms with Gasteiger partial charge in [0.25, 0.3) is 5.92 Å². The maximum Gasteiger partial charge on any atom is 0.257 e. The van der Waals surface area contributed by atoms with Gasteiger partial charge >= 0.3 is 0 Å². The molecule has 3 N–H and O–H groups in total. The van der Waals surface area contributed by atoms with E-state index in [2.05, 4.69) is 25.4 Å². The topological polar surface area (TPSA) is 124 Å². The number of carbonyl (C=O) groups excluding carboxylic acids is 1. The van der Waals surface area contributed by atoms with Gasteiger partial charge in [-0.1, -0.05) is 0 Å². The fourth-order valence-corrected chi connectivity index (χ4v) is 3.97. The molecule has 0 radical (unpaired) electrons. The van der Waals surface area contributed by atoms with E-state index in [1.165, 1.54) is 4.90 Å². The summed E-state index contributed by atoms with van der Waals surface area (Å²) in [5.74, 6) is -2.46. The predicted molar refractivity (Wildman–Crippen MR) is 123 cm³/mol. The molecule has 3 heterocycles. The van der Waals surface area contributed by atoms with E-state index >= 15 is 0 Å². The van der Waals surface area contributed by atoms with E-state index in [9.17, 15) is 13.6 Å². The summed E-state index contributed by atoms with van der Waals surface area (Å²) in [6, 6.07) is 5.19. The summed E-state index contributed by atoms with van der Waals surface area (Å²) in [6.07, 6.45) is 1.65. The zero-order valence-electron chi connectivity index (χ0n) is 19.5. The van der Waals surface area contributed by atoms with Crippen LogP contribution in [0.15, 0.2) is 24.4 Å². The molecule has 0 saturated carbocycles. The average molecular weight is 472 g/mol. The van der Waals surface area contributed by atoms with Gasteiger partial charge in [0, 0.05) is 36.5 Å². The molecular weight excluding hydrogens is 444 g/mol. The Hall–Kier alpha value is -3.67. The van der Waals surface area contributed by atoms with Gasteiger partial charge in [-0.3, -0.25) is 24.2 Å². The number of amides is 1. The lowest BCUT2D eigenvalue weighted by Crippen LogP contribution is -2.34. The highest BCUT2D eigenvalue weighted by Gasteiger charge is 2.23. The van der Waals surface area contributed by atoms with Gasteiger partial charge in [0.15, 0.2) is 11.6 Å². The number of alkyl halides is 2. The van der Waals surface area contributed by atoms with Crippen molar-refractivity contribution in [1.82, 2.24) is 39.6 Å². The van der Waals surface area contributed by atoms with Gasteiger partial charge in [-0.15, -0.1) is 0 Å². The van der Waals surface area contributed by atoms with E-state index in [1.807, 2.05) is 24.6 Å². The van der Waals surface area contributed by atoms with E-state index in [0.29, 0.717) is 42.4 Å². The molecule has 0 atom stereocenters. The second-order valence-corrected chi connectivity index (χ2v) is 8.49. The van der Waals surface area contributed by atoms with Crippen molar-refractivity contribution < 1.29 is 13.6 Å². The first-order chi connectivity index (χ1) is 16.1. The molecule has 4 rings (SSSR count). The SMILES string of the molecule is CCn1nc(C)cc1-c1nc(-c2cc(C(N)=O)cc3c2cnn3CCN(C)CC(C)(F)F)n[nH]1. The number of carbonyl (C=O) groups is 1. The minimum atomic E-state index is -2.79. The molecule has 34 heavy (non-hydrogen) atoms. The number of aromatic nitrogens is 7. The van der Waals surface area contributed by atoms with Crippen molar-refractivity contribution in [2.45, 2.75) is 39.8 Å². The van der Waals surface area contributed by atoms with Crippen LogP contribution in [0.3, 0.4) is 0 Å². The monoisotopic (exact) mass is 471 g/mol. The predicted octanol–water partition coefficient (Wildman–Crippen LogP) is 2.70. The Labute approximate surface area is 194 Å². The zero-order chi connectivity index (χ0) is 24.6. The summed E-state index contributed by atoms with van der Waals surface area (Å²) in [7, 11) is 1.63. The molecule has 0 aliphatic heterocycles. The number of nitrogens with two attached hydrogens (primary N) is 1. The molecule has 4 aromatic rings. The standard InChI is InChI=1S/C22H27F2N9O/c1-5-32-18(8-13(2)30-32)21-27-20(28-29-21)15-9-14(19(25)34)10-17-16(15)11-26-33(17)7-6-31(4)12-22(3,23)24/h8-11H,5-7,12H2,1-4H3,(H2,25,34)(H,27,28,29). The maximum atomic E-state index is 13.3. The second-order valence-electron chi connectivity index (χ2n) is 8.49. The summed E-state index contributed by atoms with van der Waals surface area (Å²) >= 11 is 0. The van der Waals surface area contributed by atoms with E-state index in [-0.39, 0.29) is 12.1 Å². The molecule has 10 nitrogen and oxygen atoms in total. The highest BCUT2D eigenvalue weighted by molar-refractivity contribution is 6.02. The molecule has 1 aromatic carbocycles. The van der Waals surface area contributed by atoms with Crippen LogP contribution in [0.1, 0.15) is 29.9 Å². The van der Waals surface area contributed by atoms with Crippen LogP contribution in [0.5, 0.6) is 0 Å². The van der Waals surface area contributed by atoms with Crippen LogP contribution < -0.4 is 5.73 Å².